The summed E-state index contributed by atoms with van der Waals surface area (Å²) in [6.45, 7) is 5.66. The summed E-state index contributed by atoms with van der Waals surface area (Å²) in [7, 11) is -7.49. The van der Waals surface area contributed by atoms with E-state index in [1.807, 2.05) is 37.3 Å². The van der Waals surface area contributed by atoms with Gasteiger partial charge in [0.2, 0.25) is 10.0 Å². The first-order chi connectivity index (χ1) is 12.8. The van der Waals surface area contributed by atoms with Crippen LogP contribution in [0, 0.1) is 6.92 Å². The van der Waals surface area contributed by atoms with Crippen molar-refractivity contribution in [2.24, 2.45) is 0 Å². The molecule has 0 aromatic heterocycles. The van der Waals surface area contributed by atoms with Crippen LogP contribution in [-0.2, 0) is 23.6 Å². The van der Waals surface area contributed by atoms with Gasteiger partial charge in [0.15, 0.2) is 0 Å². The van der Waals surface area contributed by atoms with E-state index in [-0.39, 0.29) is 18.1 Å². The van der Waals surface area contributed by atoms with E-state index in [1.165, 1.54) is 4.31 Å². The molecule has 3 rings (SSSR count). The molecule has 27 heavy (non-hydrogen) atoms. The van der Waals surface area contributed by atoms with Crippen LogP contribution in [0.3, 0.4) is 0 Å². The lowest BCUT2D eigenvalue weighted by Gasteiger charge is -2.17. The summed E-state index contributed by atoms with van der Waals surface area (Å²) in [5.41, 5.74) is 1.73. The lowest BCUT2D eigenvalue weighted by molar-refractivity contribution is 0.216. The Morgan fingerprint density at radius 2 is 1.52 bits per heavy atom. The molecular weight excluding hydrogens is 385 g/mol. The average molecular weight is 409 g/mol. The van der Waals surface area contributed by atoms with E-state index in [0.717, 1.165) is 11.1 Å². The third kappa shape index (κ3) is 3.89. The number of aryl methyl sites for hydroxylation is 1. The number of nitrogens with zero attached hydrogens (tertiary/aromatic N) is 1. The van der Waals surface area contributed by atoms with Crippen LogP contribution < -0.4 is 0 Å². The van der Waals surface area contributed by atoms with Gasteiger partial charge in [0.05, 0.1) is 24.2 Å². The maximum atomic E-state index is 13.4. The van der Waals surface area contributed by atoms with Gasteiger partial charge < -0.3 is 9.05 Å². The second-order valence-electron chi connectivity index (χ2n) is 6.29. The summed E-state index contributed by atoms with van der Waals surface area (Å²) >= 11 is 0. The van der Waals surface area contributed by atoms with Gasteiger partial charge in [-0.3, -0.25) is 4.57 Å². The molecule has 0 N–H and O–H groups in total. The maximum Gasteiger partial charge on any atom is 0.350 e. The van der Waals surface area contributed by atoms with E-state index in [0.29, 0.717) is 0 Å². The normalized spacial score (nSPS) is 22.6. The largest absolute Gasteiger partial charge is 0.350 e. The molecule has 1 aliphatic heterocycles. The quantitative estimate of drug-likeness (QED) is 0.479. The molecule has 1 heterocycles. The number of benzene rings is 2. The first-order valence-electron chi connectivity index (χ1n) is 8.89. The Morgan fingerprint density at radius 3 is 2.04 bits per heavy atom. The van der Waals surface area contributed by atoms with Crippen molar-refractivity contribution in [3.63, 3.8) is 0 Å². The number of hydrogen-bond acceptors (Lipinski definition) is 5. The average Bonchev–Trinajstić information content (AvgIpc) is 3.41. The minimum Gasteiger partial charge on any atom is -0.308 e. The monoisotopic (exact) mass is 409 g/mol. The zero-order valence-electron chi connectivity index (χ0n) is 15.6. The summed E-state index contributed by atoms with van der Waals surface area (Å²) in [4.78, 5) is 0.163. The molecule has 8 heteroatoms. The van der Waals surface area contributed by atoms with Crippen molar-refractivity contribution in [3.05, 3.63) is 65.7 Å². The Morgan fingerprint density at radius 1 is 0.963 bits per heavy atom. The van der Waals surface area contributed by atoms with Gasteiger partial charge in [-0.25, -0.2) is 8.42 Å². The topological polar surface area (TPSA) is 72.7 Å². The maximum absolute atomic E-state index is 13.4. The van der Waals surface area contributed by atoms with Crippen LogP contribution in [0.15, 0.2) is 59.5 Å². The highest BCUT2D eigenvalue weighted by Gasteiger charge is 2.66. The summed E-state index contributed by atoms with van der Waals surface area (Å²) in [6, 6.07) is 15.2. The van der Waals surface area contributed by atoms with Gasteiger partial charge in [0.1, 0.15) is 5.78 Å². The second kappa shape index (κ2) is 7.86. The molecule has 3 atom stereocenters. The van der Waals surface area contributed by atoms with Gasteiger partial charge in [-0.15, -0.1) is 0 Å². The number of sulfonamides is 1. The SMILES string of the molecule is CCOP(=O)(OCC)[C@H]1[C@@H](c2ccccc2)N1S(=O)(=O)c1ccc(C)cc1. The van der Waals surface area contributed by atoms with Crippen molar-refractivity contribution in [1.82, 2.24) is 4.31 Å². The molecule has 2 aromatic carbocycles. The molecule has 2 aromatic rings. The van der Waals surface area contributed by atoms with Crippen molar-refractivity contribution in [1.29, 1.82) is 0 Å². The summed E-state index contributed by atoms with van der Waals surface area (Å²) in [6.07, 6.45) is 0. The molecule has 0 bridgehead atoms. The minimum atomic E-state index is -3.85. The molecule has 0 radical (unpaired) electrons. The first kappa shape index (κ1) is 20.2. The third-order valence-electron chi connectivity index (χ3n) is 4.41. The molecule has 0 amide bonds. The summed E-state index contributed by atoms with van der Waals surface area (Å²) < 4.78 is 52.0. The zero-order valence-corrected chi connectivity index (χ0v) is 17.3. The second-order valence-corrected chi connectivity index (χ2v) is 10.3. The molecule has 1 unspecified atom stereocenters. The highest BCUT2D eigenvalue weighted by Crippen LogP contribution is 2.69. The molecule has 0 aliphatic carbocycles. The van der Waals surface area contributed by atoms with E-state index in [4.69, 9.17) is 9.05 Å². The van der Waals surface area contributed by atoms with Crippen molar-refractivity contribution in [3.8, 4) is 0 Å². The Labute approximate surface area is 160 Å². The van der Waals surface area contributed by atoms with Crippen LogP contribution in [-0.4, -0.2) is 31.7 Å². The number of rotatable bonds is 8. The third-order valence-corrected chi connectivity index (χ3v) is 8.86. The molecule has 146 valence electrons. The van der Waals surface area contributed by atoms with Gasteiger partial charge in [-0.05, 0) is 38.5 Å². The van der Waals surface area contributed by atoms with Gasteiger partial charge in [-0.2, -0.15) is 4.31 Å². The van der Waals surface area contributed by atoms with Gasteiger partial charge in [0.25, 0.3) is 0 Å². The molecular formula is C19H24NO5PS. The molecule has 1 aliphatic rings. The van der Waals surface area contributed by atoms with E-state index in [1.54, 1.807) is 38.1 Å². The Balaban J connectivity index is 2.05. The van der Waals surface area contributed by atoms with Crippen molar-refractivity contribution >= 4 is 17.6 Å². The lowest BCUT2D eigenvalue weighted by Crippen LogP contribution is -2.16. The van der Waals surface area contributed by atoms with E-state index in [9.17, 15) is 13.0 Å². The smallest absolute Gasteiger partial charge is 0.308 e. The predicted octanol–water partition coefficient (Wildman–Crippen LogP) is 4.33. The number of hydrogen-bond donors (Lipinski definition) is 0. The zero-order chi connectivity index (χ0) is 19.7. The van der Waals surface area contributed by atoms with Crippen molar-refractivity contribution < 1.29 is 22.0 Å². The van der Waals surface area contributed by atoms with Crippen molar-refractivity contribution in [2.45, 2.75) is 37.5 Å². The van der Waals surface area contributed by atoms with E-state index < -0.39 is 29.4 Å². The lowest BCUT2D eigenvalue weighted by atomic mass is 10.2. The molecule has 1 saturated heterocycles. The predicted molar refractivity (Wildman–Crippen MR) is 104 cm³/mol. The molecule has 0 spiro atoms. The van der Waals surface area contributed by atoms with Gasteiger partial charge >= 0.3 is 7.60 Å². The summed E-state index contributed by atoms with van der Waals surface area (Å²) in [5.74, 6) is -0.869. The van der Waals surface area contributed by atoms with Crippen LogP contribution in [0.4, 0.5) is 0 Å². The van der Waals surface area contributed by atoms with E-state index in [2.05, 4.69) is 0 Å². The molecule has 0 saturated carbocycles. The Kier molecular flexibility index (Phi) is 5.89. The molecule has 6 nitrogen and oxygen atoms in total. The van der Waals surface area contributed by atoms with Gasteiger partial charge in [-0.1, -0.05) is 48.0 Å². The highest BCUT2D eigenvalue weighted by atomic mass is 32.2. The standard InChI is InChI=1S/C19H24NO5PS/c1-4-24-26(21,25-5-2)19-18(16-9-7-6-8-10-16)20(19)27(22,23)17-13-11-15(3)12-14-17/h6-14,18-19H,4-5H2,1-3H3/t18-,19+,20?/m1/s1. The highest BCUT2D eigenvalue weighted by molar-refractivity contribution is 7.89. The fourth-order valence-electron chi connectivity index (χ4n) is 3.15. The minimum absolute atomic E-state index is 0.163. The fraction of sp³-hybridized carbons (Fsp3) is 0.368. The Bertz CT molecular complexity index is 920. The fourth-order valence-corrected chi connectivity index (χ4v) is 7.68. The van der Waals surface area contributed by atoms with Crippen LogP contribution >= 0.6 is 7.60 Å². The van der Waals surface area contributed by atoms with Crippen LogP contribution in [0.2, 0.25) is 0 Å². The van der Waals surface area contributed by atoms with Crippen LogP contribution in [0.1, 0.15) is 31.0 Å². The van der Waals surface area contributed by atoms with Crippen molar-refractivity contribution in [2.75, 3.05) is 13.2 Å². The van der Waals surface area contributed by atoms with Crippen LogP contribution in [0.5, 0.6) is 0 Å². The van der Waals surface area contributed by atoms with Gasteiger partial charge in [0, 0.05) is 0 Å². The summed E-state index contributed by atoms with van der Waals surface area (Å²) in [5, 5.41) is 0. The molecule has 1 fully saturated rings. The van der Waals surface area contributed by atoms with Crippen LogP contribution in [0.25, 0.3) is 0 Å². The Hall–Kier alpha value is -1.50. The first-order valence-corrected chi connectivity index (χ1v) is 11.9. The van der Waals surface area contributed by atoms with E-state index >= 15 is 0 Å².